The highest BCUT2D eigenvalue weighted by atomic mass is 79.9. The molecular weight excluding hydrogens is 214 g/mol. The van der Waals surface area contributed by atoms with Gasteiger partial charge >= 0.3 is 0 Å². The summed E-state index contributed by atoms with van der Waals surface area (Å²) in [5, 5.41) is 3.32. The minimum Gasteiger partial charge on any atom is -0.313 e. The molecule has 0 bridgehead atoms. The number of fused-ring (bicyclic) bond motifs is 1. The van der Waals surface area contributed by atoms with E-state index in [2.05, 4.69) is 39.4 Å². The minimum absolute atomic E-state index is 0.577. The number of hydrogen-bond donors (Lipinski definition) is 1. The van der Waals surface area contributed by atoms with Gasteiger partial charge in [0.25, 0.3) is 0 Å². The van der Waals surface area contributed by atoms with E-state index in [1.807, 2.05) is 7.05 Å². The maximum atomic E-state index is 3.49. The first kappa shape index (κ1) is 8.27. The van der Waals surface area contributed by atoms with Crippen LogP contribution in [0.15, 0.2) is 22.7 Å². The molecule has 1 aliphatic rings. The predicted octanol–water partition coefficient (Wildman–Crippen LogP) is 2.66. The van der Waals surface area contributed by atoms with E-state index in [-0.39, 0.29) is 0 Å². The van der Waals surface area contributed by atoms with Gasteiger partial charge in [-0.2, -0.15) is 0 Å². The van der Waals surface area contributed by atoms with Gasteiger partial charge in [0.05, 0.1) is 0 Å². The van der Waals surface area contributed by atoms with Crippen molar-refractivity contribution in [2.45, 2.75) is 18.9 Å². The third-order valence-electron chi connectivity index (χ3n) is 2.53. The number of halogens is 1. The van der Waals surface area contributed by atoms with E-state index >= 15 is 0 Å². The van der Waals surface area contributed by atoms with E-state index in [1.165, 1.54) is 28.4 Å². The molecule has 0 saturated heterocycles. The Hall–Kier alpha value is -0.340. The van der Waals surface area contributed by atoms with Gasteiger partial charge in [0.15, 0.2) is 0 Å². The molecule has 1 aromatic rings. The van der Waals surface area contributed by atoms with E-state index in [1.54, 1.807) is 0 Å². The van der Waals surface area contributed by atoms with Crippen molar-refractivity contribution < 1.29 is 0 Å². The monoisotopic (exact) mass is 225 g/mol. The summed E-state index contributed by atoms with van der Waals surface area (Å²) >= 11 is 3.49. The van der Waals surface area contributed by atoms with Crippen LogP contribution in [0, 0.1) is 0 Å². The van der Waals surface area contributed by atoms with Crippen LogP contribution in [0.25, 0.3) is 0 Å². The summed E-state index contributed by atoms with van der Waals surface area (Å²) in [7, 11) is 2.03. The summed E-state index contributed by atoms with van der Waals surface area (Å²) < 4.78 is 1.19. The maximum Gasteiger partial charge on any atom is 0.0323 e. The first-order chi connectivity index (χ1) is 5.81. The SMILES string of the molecule is CN[C@H]1CCc2cc(Br)ccc21. The second kappa shape index (κ2) is 3.19. The van der Waals surface area contributed by atoms with Gasteiger partial charge < -0.3 is 5.32 Å². The quantitative estimate of drug-likeness (QED) is 0.776. The number of nitrogens with one attached hydrogen (secondary N) is 1. The zero-order valence-corrected chi connectivity index (χ0v) is 8.69. The number of aryl methyl sites for hydroxylation is 1. The molecule has 0 aliphatic heterocycles. The van der Waals surface area contributed by atoms with E-state index in [9.17, 15) is 0 Å². The molecule has 0 radical (unpaired) electrons. The van der Waals surface area contributed by atoms with E-state index in [0.717, 1.165) is 0 Å². The van der Waals surface area contributed by atoms with Gasteiger partial charge in [-0.05, 0) is 43.1 Å². The van der Waals surface area contributed by atoms with Gasteiger partial charge in [-0.15, -0.1) is 0 Å². The Morgan fingerprint density at radius 1 is 1.50 bits per heavy atom. The van der Waals surface area contributed by atoms with Crippen LogP contribution in [0.5, 0.6) is 0 Å². The Bertz CT molecular complexity index is 296. The fourth-order valence-electron chi connectivity index (χ4n) is 1.89. The summed E-state index contributed by atoms with van der Waals surface area (Å²) in [5.41, 5.74) is 2.96. The first-order valence-electron chi connectivity index (χ1n) is 4.27. The second-order valence-electron chi connectivity index (χ2n) is 3.22. The van der Waals surface area contributed by atoms with Crippen molar-refractivity contribution >= 4 is 15.9 Å². The van der Waals surface area contributed by atoms with Crippen LogP contribution in [0.4, 0.5) is 0 Å². The van der Waals surface area contributed by atoms with Crippen molar-refractivity contribution in [3.63, 3.8) is 0 Å². The van der Waals surface area contributed by atoms with Crippen molar-refractivity contribution in [3.05, 3.63) is 33.8 Å². The smallest absolute Gasteiger partial charge is 0.0323 e. The third-order valence-corrected chi connectivity index (χ3v) is 3.02. The van der Waals surface area contributed by atoms with Crippen LogP contribution in [0.1, 0.15) is 23.6 Å². The third kappa shape index (κ3) is 1.29. The first-order valence-corrected chi connectivity index (χ1v) is 5.06. The average Bonchev–Trinajstić information content (AvgIpc) is 2.46. The van der Waals surface area contributed by atoms with Gasteiger partial charge in [0.1, 0.15) is 0 Å². The zero-order valence-electron chi connectivity index (χ0n) is 7.10. The Balaban J connectivity index is 2.40. The molecule has 0 fully saturated rings. The molecule has 1 aromatic carbocycles. The molecule has 1 nitrogen and oxygen atoms in total. The van der Waals surface area contributed by atoms with E-state index in [4.69, 9.17) is 0 Å². The van der Waals surface area contributed by atoms with Crippen LogP contribution in [0.2, 0.25) is 0 Å². The summed E-state index contributed by atoms with van der Waals surface area (Å²) in [6.07, 6.45) is 2.45. The summed E-state index contributed by atoms with van der Waals surface area (Å²) in [6.45, 7) is 0. The fraction of sp³-hybridized carbons (Fsp3) is 0.400. The molecule has 0 heterocycles. The lowest BCUT2D eigenvalue weighted by atomic mass is 10.1. The van der Waals surface area contributed by atoms with Crippen molar-refractivity contribution in [3.8, 4) is 0 Å². The Kier molecular flexibility index (Phi) is 2.20. The van der Waals surface area contributed by atoms with Crippen LogP contribution in [-0.4, -0.2) is 7.05 Å². The lowest BCUT2D eigenvalue weighted by Crippen LogP contribution is -2.12. The molecule has 0 aromatic heterocycles. The highest BCUT2D eigenvalue weighted by Gasteiger charge is 2.20. The largest absolute Gasteiger partial charge is 0.313 e. The molecule has 64 valence electrons. The van der Waals surface area contributed by atoms with E-state index < -0.39 is 0 Å². The Labute approximate surface area is 81.3 Å². The Morgan fingerprint density at radius 3 is 3.08 bits per heavy atom. The fourth-order valence-corrected chi connectivity index (χ4v) is 2.29. The highest BCUT2D eigenvalue weighted by Crippen LogP contribution is 2.32. The molecule has 12 heavy (non-hydrogen) atoms. The Morgan fingerprint density at radius 2 is 2.33 bits per heavy atom. The van der Waals surface area contributed by atoms with Crippen molar-refractivity contribution in [1.82, 2.24) is 5.32 Å². The number of benzene rings is 1. The zero-order chi connectivity index (χ0) is 8.55. The average molecular weight is 226 g/mol. The van der Waals surface area contributed by atoms with Crippen LogP contribution < -0.4 is 5.32 Å². The van der Waals surface area contributed by atoms with Crippen molar-refractivity contribution in [1.29, 1.82) is 0 Å². The second-order valence-corrected chi connectivity index (χ2v) is 4.14. The highest BCUT2D eigenvalue weighted by molar-refractivity contribution is 9.10. The standard InChI is InChI=1S/C10H12BrN/c1-12-10-5-2-7-6-8(11)3-4-9(7)10/h3-4,6,10,12H,2,5H2,1H3/t10-/m0/s1. The van der Waals surface area contributed by atoms with Gasteiger partial charge in [-0.1, -0.05) is 22.0 Å². The van der Waals surface area contributed by atoms with Crippen molar-refractivity contribution in [2.75, 3.05) is 7.05 Å². The number of hydrogen-bond acceptors (Lipinski definition) is 1. The molecular formula is C10H12BrN. The summed E-state index contributed by atoms with van der Waals surface area (Å²) in [5.74, 6) is 0. The summed E-state index contributed by atoms with van der Waals surface area (Å²) in [6, 6.07) is 7.14. The molecule has 2 heteroatoms. The van der Waals surface area contributed by atoms with Crippen LogP contribution >= 0.6 is 15.9 Å². The molecule has 0 amide bonds. The molecule has 0 spiro atoms. The van der Waals surface area contributed by atoms with Gasteiger partial charge in [0.2, 0.25) is 0 Å². The van der Waals surface area contributed by atoms with E-state index in [0.29, 0.717) is 6.04 Å². The topological polar surface area (TPSA) is 12.0 Å². The van der Waals surface area contributed by atoms with Crippen LogP contribution in [-0.2, 0) is 6.42 Å². The lowest BCUT2D eigenvalue weighted by Gasteiger charge is -2.09. The van der Waals surface area contributed by atoms with Gasteiger partial charge in [0, 0.05) is 10.5 Å². The van der Waals surface area contributed by atoms with Gasteiger partial charge in [-0.3, -0.25) is 0 Å². The molecule has 0 saturated carbocycles. The molecule has 1 atom stereocenters. The lowest BCUT2D eigenvalue weighted by molar-refractivity contribution is 0.590. The van der Waals surface area contributed by atoms with Crippen LogP contribution in [0.3, 0.4) is 0 Å². The molecule has 0 unspecified atom stereocenters. The molecule has 1 N–H and O–H groups in total. The minimum atomic E-state index is 0.577. The normalized spacial score (nSPS) is 21.0. The number of rotatable bonds is 1. The molecule has 1 aliphatic carbocycles. The maximum absolute atomic E-state index is 3.49. The van der Waals surface area contributed by atoms with Crippen molar-refractivity contribution in [2.24, 2.45) is 0 Å². The molecule has 2 rings (SSSR count). The van der Waals surface area contributed by atoms with Gasteiger partial charge in [-0.25, -0.2) is 0 Å². The predicted molar refractivity (Wildman–Crippen MR) is 54.3 cm³/mol. The summed E-state index contributed by atoms with van der Waals surface area (Å²) in [4.78, 5) is 0.